The van der Waals surface area contributed by atoms with Gasteiger partial charge in [0.2, 0.25) is 0 Å². The fraction of sp³-hybridized carbons (Fsp3) is 0.889. The molecule has 0 saturated heterocycles. The molecule has 0 aromatic heterocycles. The Morgan fingerprint density at radius 1 is 1.09 bits per heavy atom. The summed E-state index contributed by atoms with van der Waals surface area (Å²) >= 11 is 0. The third kappa shape index (κ3) is 2.91. The second-order valence-corrected chi connectivity index (χ2v) is 3.37. The summed E-state index contributed by atoms with van der Waals surface area (Å²) in [5.74, 6) is 1.12. The smallest absolute Gasteiger partial charge is 0.0958 e. The minimum absolute atomic E-state index is 0.540. The van der Waals surface area contributed by atoms with Crippen molar-refractivity contribution >= 4 is 5.84 Å². The maximum absolute atomic E-state index is 4.17. The van der Waals surface area contributed by atoms with Crippen molar-refractivity contribution in [1.82, 2.24) is 4.90 Å². The molecule has 2 heteroatoms. The lowest BCUT2D eigenvalue weighted by Crippen LogP contribution is -2.40. The van der Waals surface area contributed by atoms with Crippen molar-refractivity contribution in [3.8, 4) is 0 Å². The van der Waals surface area contributed by atoms with Gasteiger partial charge in [-0.05, 0) is 34.6 Å². The Morgan fingerprint density at radius 3 is 1.55 bits per heavy atom. The summed E-state index contributed by atoms with van der Waals surface area (Å²) < 4.78 is 0. The van der Waals surface area contributed by atoms with Crippen molar-refractivity contribution in [3.05, 3.63) is 0 Å². The number of hydrogen-bond acceptors (Lipinski definition) is 1. The highest BCUT2D eigenvalue weighted by Crippen LogP contribution is 2.05. The molecule has 0 aromatic carbocycles. The van der Waals surface area contributed by atoms with Crippen LogP contribution in [-0.4, -0.2) is 29.9 Å². The van der Waals surface area contributed by atoms with Gasteiger partial charge in [-0.15, -0.1) is 0 Å². The van der Waals surface area contributed by atoms with Crippen LogP contribution < -0.4 is 0 Å². The molecule has 0 radical (unpaired) electrons. The van der Waals surface area contributed by atoms with Gasteiger partial charge in [0, 0.05) is 19.1 Å². The average molecular weight is 156 g/mol. The summed E-state index contributed by atoms with van der Waals surface area (Å²) in [5, 5.41) is 0. The van der Waals surface area contributed by atoms with Gasteiger partial charge in [-0.25, -0.2) is 0 Å². The van der Waals surface area contributed by atoms with E-state index >= 15 is 0 Å². The first-order valence-electron chi connectivity index (χ1n) is 4.22. The molecule has 0 aromatic rings. The van der Waals surface area contributed by atoms with Gasteiger partial charge in [-0.3, -0.25) is 4.99 Å². The number of aliphatic imine (C=N–C) groups is 1. The number of hydrogen-bond donors (Lipinski definition) is 0. The molecule has 0 amide bonds. The predicted octanol–water partition coefficient (Wildman–Crippen LogP) is 2.15. The molecule has 11 heavy (non-hydrogen) atoms. The molecule has 0 heterocycles. The monoisotopic (exact) mass is 156 g/mol. The van der Waals surface area contributed by atoms with Crippen molar-refractivity contribution in [2.75, 3.05) is 7.05 Å². The molecular formula is C9H20N2. The van der Waals surface area contributed by atoms with E-state index in [4.69, 9.17) is 0 Å². The summed E-state index contributed by atoms with van der Waals surface area (Å²) in [6.07, 6.45) is 0. The van der Waals surface area contributed by atoms with Crippen molar-refractivity contribution in [2.45, 2.75) is 46.7 Å². The Bertz CT molecular complexity index is 128. The van der Waals surface area contributed by atoms with E-state index in [1.54, 1.807) is 0 Å². The molecule has 0 aliphatic heterocycles. The van der Waals surface area contributed by atoms with Crippen LogP contribution in [0.3, 0.4) is 0 Å². The lowest BCUT2D eigenvalue weighted by Gasteiger charge is -2.32. The van der Waals surface area contributed by atoms with Gasteiger partial charge in [-0.1, -0.05) is 0 Å². The fourth-order valence-corrected chi connectivity index (χ4v) is 1.46. The third-order valence-electron chi connectivity index (χ3n) is 1.81. The van der Waals surface area contributed by atoms with Crippen LogP contribution >= 0.6 is 0 Å². The molecule has 0 saturated carbocycles. The van der Waals surface area contributed by atoms with Gasteiger partial charge in [0.25, 0.3) is 0 Å². The molecule has 0 bridgehead atoms. The number of nitrogens with zero attached hydrogens (tertiary/aromatic N) is 2. The minimum Gasteiger partial charge on any atom is -0.356 e. The zero-order chi connectivity index (χ0) is 9.02. The normalized spacial score (nSPS) is 12.9. The number of amidine groups is 1. The molecule has 66 valence electrons. The van der Waals surface area contributed by atoms with Crippen molar-refractivity contribution in [1.29, 1.82) is 0 Å². The lowest BCUT2D eigenvalue weighted by molar-refractivity contribution is 0.290. The maximum atomic E-state index is 4.17. The first-order valence-corrected chi connectivity index (χ1v) is 4.22. The van der Waals surface area contributed by atoms with E-state index in [0.717, 1.165) is 5.84 Å². The van der Waals surface area contributed by atoms with Gasteiger partial charge >= 0.3 is 0 Å². The SMILES string of the molecule is C/N=C(/C)N(C(C)C)C(C)C. The number of rotatable bonds is 2. The van der Waals surface area contributed by atoms with E-state index in [-0.39, 0.29) is 0 Å². The van der Waals surface area contributed by atoms with Crippen LogP contribution in [0, 0.1) is 0 Å². The van der Waals surface area contributed by atoms with Crippen LogP contribution in [0.5, 0.6) is 0 Å². The first-order chi connectivity index (χ1) is 5.00. The topological polar surface area (TPSA) is 15.6 Å². The van der Waals surface area contributed by atoms with E-state index < -0.39 is 0 Å². The third-order valence-corrected chi connectivity index (χ3v) is 1.81. The highest BCUT2D eigenvalue weighted by molar-refractivity contribution is 5.80. The fourth-order valence-electron chi connectivity index (χ4n) is 1.46. The highest BCUT2D eigenvalue weighted by Gasteiger charge is 2.13. The van der Waals surface area contributed by atoms with Crippen LogP contribution in [0.4, 0.5) is 0 Å². The van der Waals surface area contributed by atoms with E-state index in [1.807, 2.05) is 7.05 Å². The summed E-state index contributed by atoms with van der Waals surface area (Å²) in [6.45, 7) is 10.8. The Balaban J connectivity index is 4.35. The summed E-state index contributed by atoms with van der Waals surface area (Å²) in [4.78, 5) is 6.48. The summed E-state index contributed by atoms with van der Waals surface area (Å²) in [7, 11) is 1.84. The highest BCUT2D eigenvalue weighted by atomic mass is 15.2. The van der Waals surface area contributed by atoms with Crippen LogP contribution in [0.2, 0.25) is 0 Å². The second kappa shape index (κ2) is 4.37. The molecule has 2 nitrogen and oxygen atoms in total. The Morgan fingerprint density at radius 2 is 1.45 bits per heavy atom. The molecule has 0 aliphatic rings. The van der Waals surface area contributed by atoms with Crippen molar-refractivity contribution in [3.63, 3.8) is 0 Å². The Kier molecular flexibility index (Phi) is 4.16. The van der Waals surface area contributed by atoms with Crippen LogP contribution in [0.15, 0.2) is 4.99 Å². The summed E-state index contributed by atoms with van der Waals surface area (Å²) in [6, 6.07) is 1.08. The van der Waals surface area contributed by atoms with E-state index in [0.29, 0.717) is 12.1 Å². The lowest BCUT2D eigenvalue weighted by atomic mass is 10.2. The molecular weight excluding hydrogens is 136 g/mol. The van der Waals surface area contributed by atoms with E-state index in [1.165, 1.54) is 0 Å². The van der Waals surface area contributed by atoms with Crippen molar-refractivity contribution < 1.29 is 0 Å². The Labute approximate surface area is 70.3 Å². The zero-order valence-corrected chi connectivity index (χ0v) is 8.55. The van der Waals surface area contributed by atoms with Crippen molar-refractivity contribution in [2.24, 2.45) is 4.99 Å². The maximum Gasteiger partial charge on any atom is 0.0958 e. The Hall–Kier alpha value is -0.530. The minimum atomic E-state index is 0.540. The average Bonchev–Trinajstić information content (AvgIpc) is 1.85. The molecule has 0 N–H and O–H groups in total. The summed E-state index contributed by atoms with van der Waals surface area (Å²) in [5.41, 5.74) is 0. The zero-order valence-electron chi connectivity index (χ0n) is 8.55. The predicted molar refractivity (Wildman–Crippen MR) is 51.1 cm³/mol. The second-order valence-electron chi connectivity index (χ2n) is 3.37. The quantitative estimate of drug-likeness (QED) is 0.442. The molecule has 0 spiro atoms. The van der Waals surface area contributed by atoms with Gasteiger partial charge in [0.05, 0.1) is 5.84 Å². The van der Waals surface area contributed by atoms with Gasteiger partial charge in [0.15, 0.2) is 0 Å². The molecule has 0 fully saturated rings. The van der Waals surface area contributed by atoms with Crippen LogP contribution in [0.1, 0.15) is 34.6 Å². The van der Waals surface area contributed by atoms with Crippen LogP contribution in [0.25, 0.3) is 0 Å². The van der Waals surface area contributed by atoms with E-state index in [2.05, 4.69) is 44.5 Å². The molecule has 0 atom stereocenters. The van der Waals surface area contributed by atoms with Gasteiger partial charge < -0.3 is 4.90 Å². The molecule has 0 rings (SSSR count). The van der Waals surface area contributed by atoms with Gasteiger partial charge in [-0.2, -0.15) is 0 Å². The van der Waals surface area contributed by atoms with E-state index in [9.17, 15) is 0 Å². The standard InChI is InChI=1S/C9H20N2/c1-7(2)11(8(3)4)9(5)10-6/h7-8H,1-6H3/b10-9-. The van der Waals surface area contributed by atoms with Crippen LogP contribution in [-0.2, 0) is 0 Å². The molecule has 0 aliphatic carbocycles. The molecule has 0 unspecified atom stereocenters. The largest absolute Gasteiger partial charge is 0.356 e. The van der Waals surface area contributed by atoms with Gasteiger partial charge in [0.1, 0.15) is 0 Å². The first kappa shape index (κ1) is 10.5.